The van der Waals surface area contributed by atoms with E-state index in [0.717, 1.165) is 5.69 Å². The van der Waals surface area contributed by atoms with Crippen LogP contribution in [0.3, 0.4) is 0 Å². The number of rotatable bonds is 5. The van der Waals surface area contributed by atoms with Crippen LogP contribution in [0, 0.1) is 0 Å². The first kappa shape index (κ1) is 15.5. The maximum absolute atomic E-state index is 11.6. The van der Waals surface area contributed by atoms with Crippen LogP contribution in [0.2, 0.25) is 0 Å². The molecule has 2 rings (SSSR count). The minimum absolute atomic E-state index is 0.214. The van der Waals surface area contributed by atoms with Crippen LogP contribution in [0.1, 0.15) is 27.2 Å². The molecule has 2 aromatic rings. The quantitative estimate of drug-likeness (QED) is 0.624. The molecule has 0 aliphatic heterocycles. The molecule has 7 heteroatoms. The molecule has 0 saturated heterocycles. The molecule has 0 aliphatic carbocycles. The molecule has 0 saturated carbocycles. The first-order chi connectivity index (χ1) is 9.96. The molecule has 6 nitrogen and oxygen atoms in total. The van der Waals surface area contributed by atoms with Gasteiger partial charge in [0.25, 0.3) is 0 Å². The summed E-state index contributed by atoms with van der Waals surface area (Å²) in [6.45, 7) is 5.57. The number of esters is 1. The number of aromatic nitrogens is 4. The van der Waals surface area contributed by atoms with E-state index in [1.807, 2.05) is 51.1 Å². The van der Waals surface area contributed by atoms with E-state index < -0.39 is 5.60 Å². The Bertz CT molecular complexity index is 593. The number of thioether (sulfide) groups is 1. The standard InChI is InChI=1S/C14H18N4O2S/c1-14(2,3)20-12(19)9-10-21-13-15-16-17-18(13)11-7-5-4-6-8-11/h4-8H,9-10H2,1-3H3. The summed E-state index contributed by atoms with van der Waals surface area (Å²) in [4.78, 5) is 11.6. The van der Waals surface area contributed by atoms with E-state index in [9.17, 15) is 4.79 Å². The van der Waals surface area contributed by atoms with Crippen LogP contribution >= 0.6 is 11.8 Å². The lowest BCUT2D eigenvalue weighted by molar-refractivity contribution is -0.154. The normalized spacial score (nSPS) is 11.4. The third kappa shape index (κ3) is 4.86. The Morgan fingerprint density at radius 1 is 1.29 bits per heavy atom. The van der Waals surface area contributed by atoms with Crippen LogP contribution in [-0.4, -0.2) is 37.5 Å². The van der Waals surface area contributed by atoms with E-state index in [4.69, 9.17) is 4.74 Å². The molecule has 0 bridgehead atoms. The number of hydrogen-bond donors (Lipinski definition) is 0. The van der Waals surface area contributed by atoms with Gasteiger partial charge in [-0.25, -0.2) is 0 Å². The average molecular weight is 306 g/mol. The van der Waals surface area contributed by atoms with Gasteiger partial charge in [-0.2, -0.15) is 4.68 Å². The van der Waals surface area contributed by atoms with Crippen LogP contribution in [0.25, 0.3) is 5.69 Å². The molecule has 112 valence electrons. The lowest BCUT2D eigenvalue weighted by atomic mass is 10.2. The van der Waals surface area contributed by atoms with Crippen molar-refractivity contribution in [1.29, 1.82) is 0 Å². The van der Waals surface area contributed by atoms with E-state index >= 15 is 0 Å². The molecule has 0 spiro atoms. The summed E-state index contributed by atoms with van der Waals surface area (Å²) in [5, 5.41) is 12.3. The van der Waals surface area contributed by atoms with Crippen LogP contribution in [0.5, 0.6) is 0 Å². The summed E-state index contributed by atoms with van der Waals surface area (Å²) in [5.41, 5.74) is 0.440. The molecule has 1 aromatic heterocycles. The van der Waals surface area contributed by atoms with E-state index in [0.29, 0.717) is 17.3 Å². The summed E-state index contributed by atoms with van der Waals surface area (Å²) in [5.74, 6) is 0.357. The fourth-order valence-corrected chi connectivity index (χ4v) is 2.43. The van der Waals surface area contributed by atoms with Crippen LogP contribution < -0.4 is 0 Å². The van der Waals surface area contributed by atoms with Gasteiger partial charge in [-0.1, -0.05) is 30.0 Å². The fourth-order valence-electron chi connectivity index (χ4n) is 1.62. The van der Waals surface area contributed by atoms with Crippen LogP contribution in [0.4, 0.5) is 0 Å². The Hall–Kier alpha value is -1.89. The average Bonchev–Trinajstić information content (AvgIpc) is 2.86. The third-order valence-electron chi connectivity index (χ3n) is 2.40. The Morgan fingerprint density at radius 3 is 2.67 bits per heavy atom. The van der Waals surface area contributed by atoms with Crippen molar-refractivity contribution in [2.45, 2.75) is 37.9 Å². The molecular weight excluding hydrogens is 288 g/mol. The summed E-state index contributed by atoms with van der Waals surface area (Å²) < 4.78 is 6.91. The second-order valence-corrected chi connectivity index (χ2v) is 6.46. The van der Waals surface area contributed by atoms with Crippen molar-refractivity contribution in [3.8, 4) is 5.69 Å². The number of nitrogens with zero attached hydrogens (tertiary/aromatic N) is 4. The lowest BCUT2D eigenvalue weighted by Crippen LogP contribution is -2.24. The van der Waals surface area contributed by atoms with Gasteiger partial charge in [0.05, 0.1) is 12.1 Å². The predicted molar refractivity (Wildman–Crippen MR) is 80.3 cm³/mol. The number of hydrogen-bond acceptors (Lipinski definition) is 6. The zero-order valence-corrected chi connectivity index (χ0v) is 13.1. The van der Waals surface area contributed by atoms with Crippen molar-refractivity contribution in [2.75, 3.05) is 5.75 Å². The topological polar surface area (TPSA) is 69.9 Å². The van der Waals surface area contributed by atoms with Gasteiger partial charge in [0.15, 0.2) is 0 Å². The summed E-state index contributed by atoms with van der Waals surface area (Å²) in [6, 6.07) is 9.63. The van der Waals surface area contributed by atoms with Gasteiger partial charge in [0.2, 0.25) is 5.16 Å². The molecule has 0 unspecified atom stereocenters. The van der Waals surface area contributed by atoms with Gasteiger partial charge in [0.1, 0.15) is 5.60 Å². The fraction of sp³-hybridized carbons (Fsp3) is 0.429. The smallest absolute Gasteiger partial charge is 0.307 e. The second kappa shape index (κ2) is 6.71. The zero-order chi connectivity index (χ0) is 15.3. The molecular formula is C14H18N4O2S. The van der Waals surface area contributed by atoms with Gasteiger partial charge in [-0.05, 0) is 43.3 Å². The second-order valence-electron chi connectivity index (χ2n) is 5.39. The molecule has 0 atom stereocenters. The van der Waals surface area contributed by atoms with E-state index in [-0.39, 0.29) is 5.97 Å². The SMILES string of the molecule is CC(C)(C)OC(=O)CCSc1nnnn1-c1ccccc1. The maximum atomic E-state index is 11.6. The largest absolute Gasteiger partial charge is 0.460 e. The highest BCUT2D eigenvalue weighted by Gasteiger charge is 2.16. The van der Waals surface area contributed by atoms with E-state index in [1.54, 1.807) is 4.68 Å². The molecule has 21 heavy (non-hydrogen) atoms. The third-order valence-corrected chi connectivity index (χ3v) is 3.32. The Balaban J connectivity index is 1.91. The molecule has 0 N–H and O–H groups in total. The lowest BCUT2D eigenvalue weighted by Gasteiger charge is -2.19. The minimum atomic E-state index is -0.451. The Morgan fingerprint density at radius 2 is 2.00 bits per heavy atom. The molecule has 0 radical (unpaired) electrons. The Kier molecular flexibility index (Phi) is 4.95. The van der Waals surface area contributed by atoms with Gasteiger partial charge >= 0.3 is 5.97 Å². The van der Waals surface area contributed by atoms with E-state index in [2.05, 4.69) is 15.5 Å². The number of tetrazole rings is 1. The van der Waals surface area contributed by atoms with Crippen molar-refractivity contribution >= 4 is 17.7 Å². The highest BCUT2D eigenvalue weighted by molar-refractivity contribution is 7.99. The monoisotopic (exact) mass is 306 g/mol. The van der Waals surface area contributed by atoms with Gasteiger partial charge < -0.3 is 4.74 Å². The van der Waals surface area contributed by atoms with E-state index in [1.165, 1.54) is 11.8 Å². The van der Waals surface area contributed by atoms with Crippen molar-refractivity contribution in [2.24, 2.45) is 0 Å². The van der Waals surface area contributed by atoms with Crippen LogP contribution in [0.15, 0.2) is 35.5 Å². The molecule has 1 heterocycles. The maximum Gasteiger partial charge on any atom is 0.307 e. The van der Waals surface area contributed by atoms with Crippen molar-refractivity contribution in [3.05, 3.63) is 30.3 Å². The van der Waals surface area contributed by atoms with Crippen molar-refractivity contribution in [3.63, 3.8) is 0 Å². The number of para-hydroxylation sites is 1. The summed E-state index contributed by atoms with van der Waals surface area (Å²) in [6.07, 6.45) is 0.323. The summed E-state index contributed by atoms with van der Waals surface area (Å²) >= 11 is 1.43. The van der Waals surface area contributed by atoms with Crippen molar-refractivity contribution < 1.29 is 9.53 Å². The first-order valence-electron chi connectivity index (χ1n) is 6.64. The van der Waals surface area contributed by atoms with Gasteiger partial charge in [-0.3, -0.25) is 4.79 Å². The summed E-state index contributed by atoms with van der Waals surface area (Å²) in [7, 11) is 0. The molecule has 0 aliphatic rings. The highest BCUT2D eigenvalue weighted by Crippen LogP contribution is 2.19. The zero-order valence-electron chi connectivity index (χ0n) is 12.3. The van der Waals surface area contributed by atoms with Gasteiger partial charge in [-0.15, -0.1) is 5.10 Å². The van der Waals surface area contributed by atoms with Crippen LogP contribution in [-0.2, 0) is 9.53 Å². The predicted octanol–water partition coefficient (Wildman–Crippen LogP) is 2.49. The first-order valence-corrected chi connectivity index (χ1v) is 7.63. The Labute approximate surface area is 127 Å². The molecule has 0 fully saturated rings. The van der Waals surface area contributed by atoms with Crippen molar-refractivity contribution in [1.82, 2.24) is 20.2 Å². The number of benzene rings is 1. The number of carbonyl (C=O) groups is 1. The highest BCUT2D eigenvalue weighted by atomic mass is 32.2. The number of carbonyl (C=O) groups excluding carboxylic acids is 1. The number of ether oxygens (including phenoxy) is 1. The minimum Gasteiger partial charge on any atom is -0.460 e. The van der Waals surface area contributed by atoms with Gasteiger partial charge in [0, 0.05) is 5.75 Å². The molecule has 1 aromatic carbocycles. The molecule has 0 amide bonds.